The summed E-state index contributed by atoms with van der Waals surface area (Å²) in [6, 6.07) is 25.6. The third-order valence-electron chi connectivity index (χ3n) is 8.41. The van der Waals surface area contributed by atoms with E-state index in [4.69, 9.17) is 11.2 Å². The van der Waals surface area contributed by atoms with Crippen LogP contribution < -0.4 is 19.2 Å². The first-order valence-electron chi connectivity index (χ1n) is 14.8. The zero-order valence-corrected chi connectivity index (χ0v) is 25.1. The molecule has 8 nitrogen and oxygen atoms in total. The molecule has 3 amide bonds. The van der Waals surface area contributed by atoms with Gasteiger partial charge < -0.3 is 4.74 Å². The molecule has 0 spiro atoms. The van der Waals surface area contributed by atoms with Crippen LogP contribution in [-0.2, 0) is 28.5 Å². The number of amides is 3. The molecule has 3 heterocycles. The standard InChI is InChI=1S/C19H15FN2O4.C17H17N2/c1-2-7-21-15-9-14(13(20)8-16(15)26-10-17(21)23)22-18(24)11-5-3-4-6-12(11)19(22)25;1-18-16(14-9-5-3-6-10-14)13-17(19(18)2)15-11-7-4-8-12-15/h1,8-9H,3-7,10H2;3-13H,1-2H3/q;+1. The van der Waals surface area contributed by atoms with Crippen molar-refractivity contribution in [3.63, 3.8) is 0 Å². The Morgan fingerprint density at radius 3 is 2.07 bits per heavy atom. The smallest absolute Gasteiger partial charge is 0.265 e. The number of imide groups is 1. The predicted molar refractivity (Wildman–Crippen MR) is 169 cm³/mol. The lowest BCUT2D eigenvalue weighted by molar-refractivity contribution is -0.740. The SMILES string of the molecule is C#CCN1C(=O)COc2cc(F)c(N3C(=O)C4=C(CCCC4)C3=O)cc21.Cn1c(-c2ccccc2)cc(-c2ccccc2)[n+]1C. The van der Waals surface area contributed by atoms with Crippen molar-refractivity contribution in [1.29, 1.82) is 0 Å². The summed E-state index contributed by atoms with van der Waals surface area (Å²) >= 11 is 0. The lowest BCUT2D eigenvalue weighted by atomic mass is 9.93. The normalized spacial score (nSPS) is 15.6. The molecule has 0 unspecified atom stereocenters. The molecular formula is C36H32FN4O4+. The van der Waals surface area contributed by atoms with E-state index < -0.39 is 17.6 Å². The summed E-state index contributed by atoms with van der Waals surface area (Å²) in [4.78, 5) is 39.5. The van der Waals surface area contributed by atoms with Crippen LogP contribution in [0.5, 0.6) is 5.75 Å². The van der Waals surface area contributed by atoms with Crippen molar-refractivity contribution in [2.75, 3.05) is 23.0 Å². The van der Waals surface area contributed by atoms with Crippen LogP contribution in [0.15, 0.2) is 90.0 Å². The third kappa shape index (κ3) is 5.40. The highest BCUT2D eigenvalue weighted by atomic mass is 19.1. The van der Waals surface area contributed by atoms with Gasteiger partial charge in [-0.2, -0.15) is 4.68 Å². The topological polar surface area (TPSA) is 75.7 Å². The van der Waals surface area contributed by atoms with E-state index in [-0.39, 0.29) is 36.2 Å². The number of ether oxygens (including phenoxy) is 1. The molecule has 0 bridgehead atoms. The number of anilines is 2. The van der Waals surface area contributed by atoms with Crippen LogP contribution in [0.1, 0.15) is 25.7 Å². The monoisotopic (exact) mass is 603 g/mol. The Labute approximate surface area is 260 Å². The molecular weight excluding hydrogens is 571 g/mol. The molecule has 4 aromatic rings. The zero-order chi connectivity index (χ0) is 31.7. The van der Waals surface area contributed by atoms with Crippen molar-refractivity contribution in [2.24, 2.45) is 14.1 Å². The Kier molecular flexibility index (Phi) is 8.05. The second kappa shape index (κ2) is 12.2. The molecule has 1 aromatic heterocycles. The number of nitrogens with zero attached hydrogens (tertiary/aromatic N) is 4. The fraction of sp³-hybridized carbons (Fsp3) is 0.222. The van der Waals surface area contributed by atoms with E-state index >= 15 is 0 Å². The molecule has 226 valence electrons. The molecule has 0 fully saturated rings. The quantitative estimate of drug-likeness (QED) is 0.185. The van der Waals surface area contributed by atoms with Crippen molar-refractivity contribution in [1.82, 2.24) is 4.68 Å². The molecule has 1 aliphatic carbocycles. The molecule has 3 aliphatic rings. The first-order valence-corrected chi connectivity index (χ1v) is 14.8. The van der Waals surface area contributed by atoms with Crippen LogP contribution in [0.25, 0.3) is 22.5 Å². The number of hydrogen-bond donors (Lipinski definition) is 0. The van der Waals surface area contributed by atoms with Crippen molar-refractivity contribution < 1.29 is 28.2 Å². The minimum absolute atomic E-state index is 0.0170. The number of halogens is 1. The fourth-order valence-corrected chi connectivity index (χ4v) is 6.00. The van der Waals surface area contributed by atoms with E-state index in [9.17, 15) is 18.8 Å². The highest BCUT2D eigenvalue weighted by molar-refractivity contribution is 6.33. The Morgan fingerprint density at radius 2 is 1.47 bits per heavy atom. The van der Waals surface area contributed by atoms with Gasteiger partial charge in [-0.15, -0.1) is 11.1 Å². The van der Waals surface area contributed by atoms with Gasteiger partial charge in [-0.25, -0.2) is 9.29 Å². The maximum atomic E-state index is 14.7. The minimum atomic E-state index is -0.764. The van der Waals surface area contributed by atoms with Gasteiger partial charge in [0.05, 0.1) is 25.0 Å². The predicted octanol–water partition coefficient (Wildman–Crippen LogP) is 5.11. The van der Waals surface area contributed by atoms with Gasteiger partial charge in [0.2, 0.25) is 5.69 Å². The molecule has 0 N–H and O–H groups in total. The van der Waals surface area contributed by atoms with Gasteiger partial charge in [-0.3, -0.25) is 19.3 Å². The average Bonchev–Trinajstić information content (AvgIpc) is 3.51. The lowest BCUT2D eigenvalue weighted by Gasteiger charge is -2.29. The highest BCUT2D eigenvalue weighted by Gasteiger charge is 2.41. The molecule has 3 aromatic carbocycles. The molecule has 9 heteroatoms. The first-order chi connectivity index (χ1) is 21.8. The van der Waals surface area contributed by atoms with Crippen LogP contribution >= 0.6 is 0 Å². The molecule has 0 atom stereocenters. The fourth-order valence-electron chi connectivity index (χ4n) is 6.00. The second-order valence-corrected chi connectivity index (χ2v) is 11.0. The van der Waals surface area contributed by atoms with Gasteiger partial charge in [-0.05, 0) is 43.9 Å². The van der Waals surface area contributed by atoms with Crippen LogP contribution in [0.2, 0.25) is 0 Å². The number of terminal acetylenes is 1. The van der Waals surface area contributed by atoms with Gasteiger partial charge in [0, 0.05) is 34.4 Å². The van der Waals surface area contributed by atoms with Crippen molar-refractivity contribution >= 4 is 29.1 Å². The number of hydrogen-bond acceptors (Lipinski definition) is 4. The van der Waals surface area contributed by atoms with Gasteiger partial charge in [-0.1, -0.05) is 54.5 Å². The second-order valence-electron chi connectivity index (χ2n) is 11.0. The van der Waals surface area contributed by atoms with E-state index in [0.29, 0.717) is 24.0 Å². The van der Waals surface area contributed by atoms with E-state index in [1.807, 2.05) is 12.1 Å². The zero-order valence-electron chi connectivity index (χ0n) is 25.1. The van der Waals surface area contributed by atoms with Gasteiger partial charge in [0.25, 0.3) is 17.7 Å². The third-order valence-corrected chi connectivity index (χ3v) is 8.41. The first kappa shape index (κ1) is 29.6. The molecule has 0 saturated heterocycles. The molecule has 45 heavy (non-hydrogen) atoms. The maximum Gasteiger partial charge on any atom is 0.265 e. The van der Waals surface area contributed by atoms with Crippen LogP contribution in [0, 0.1) is 18.2 Å². The number of carbonyl (C=O) groups is 3. The van der Waals surface area contributed by atoms with Crippen molar-refractivity contribution in [3.8, 4) is 40.6 Å². The number of aromatic nitrogens is 2. The summed E-state index contributed by atoms with van der Waals surface area (Å²) in [6.07, 6.45) is 8.01. The van der Waals surface area contributed by atoms with Gasteiger partial charge in [0.15, 0.2) is 19.5 Å². The number of benzene rings is 3. The van der Waals surface area contributed by atoms with Crippen molar-refractivity contribution in [2.45, 2.75) is 25.7 Å². The minimum Gasteiger partial charge on any atom is -0.481 e. The number of fused-ring (bicyclic) bond motifs is 1. The molecule has 2 aliphatic heterocycles. The largest absolute Gasteiger partial charge is 0.481 e. The van der Waals surface area contributed by atoms with E-state index in [1.165, 1.54) is 33.5 Å². The summed E-state index contributed by atoms with van der Waals surface area (Å²) in [7, 11) is 4.18. The number of carbonyl (C=O) groups excluding carboxylic acids is 3. The van der Waals surface area contributed by atoms with Crippen molar-refractivity contribution in [3.05, 3.63) is 95.8 Å². The molecule has 7 rings (SSSR count). The summed E-state index contributed by atoms with van der Waals surface area (Å²) in [6.45, 7) is -0.262. The van der Waals surface area contributed by atoms with Crippen LogP contribution in [-0.4, -0.2) is 35.6 Å². The Hall–Kier alpha value is -5.49. The summed E-state index contributed by atoms with van der Waals surface area (Å²) in [5.74, 6) is 0.406. The van der Waals surface area contributed by atoms with Gasteiger partial charge in [0.1, 0.15) is 11.4 Å². The Bertz CT molecular complexity index is 1800. The van der Waals surface area contributed by atoms with E-state index in [2.05, 4.69) is 84.0 Å². The highest BCUT2D eigenvalue weighted by Crippen LogP contribution is 2.41. The summed E-state index contributed by atoms with van der Waals surface area (Å²) < 4.78 is 24.3. The lowest BCUT2D eigenvalue weighted by Crippen LogP contribution is -2.39. The molecule has 0 saturated carbocycles. The Balaban J connectivity index is 0.000000167. The van der Waals surface area contributed by atoms with Crippen LogP contribution in [0.4, 0.5) is 15.8 Å². The van der Waals surface area contributed by atoms with Gasteiger partial charge >= 0.3 is 0 Å². The maximum absolute atomic E-state index is 14.7. The summed E-state index contributed by atoms with van der Waals surface area (Å²) in [5, 5.41) is 0. The van der Waals surface area contributed by atoms with E-state index in [0.717, 1.165) is 23.8 Å². The summed E-state index contributed by atoms with van der Waals surface area (Å²) in [5.41, 5.74) is 5.92. The van der Waals surface area contributed by atoms with Crippen LogP contribution in [0.3, 0.4) is 0 Å². The average molecular weight is 604 g/mol. The molecule has 0 radical (unpaired) electrons. The number of rotatable bonds is 4. The Morgan fingerprint density at radius 1 is 0.867 bits per heavy atom. The van der Waals surface area contributed by atoms with E-state index in [1.54, 1.807) is 0 Å².